The molecule has 0 fully saturated rings. The third-order valence-corrected chi connectivity index (χ3v) is 6.96. The molecule has 4 aromatic rings. The van der Waals surface area contributed by atoms with E-state index in [0.29, 0.717) is 41.9 Å². The molecule has 0 saturated carbocycles. The van der Waals surface area contributed by atoms with Gasteiger partial charge in [-0.25, -0.2) is 4.98 Å². The van der Waals surface area contributed by atoms with Gasteiger partial charge in [0, 0.05) is 17.1 Å². The van der Waals surface area contributed by atoms with Gasteiger partial charge in [-0.1, -0.05) is 54.1 Å². The molecular weight excluding hydrogens is 518 g/mol. The average Bonchev–Trinajstić information content (AvgIpc) is 3.34. The van der Waals surface area contributed by atoms with Gasteiger partial charge in [0.25, 0.3) is 0 Å². The van der Waals surface area contributed by atoms with Gasteiger partial charge in [0.15, 0.2) is 17.3 Å². The quantitative estimate of drug-likeness (QED) is 0.239. The molecule has 202 valence electrons. The minimum Gasteiger partial charge on any atom is -0.493 e. The summed E-state index contributed by atoms with van der Waals surface area (Å²) in [4.78, 5) is 16.1. The summed E-state index contributed by atoms with van der Waals surface area (Å²) in [5.74, 6) is 1.32. The van der Waals surface area contributed by atoms with E-state index in [1.54, 1.807) is 32.2 Å². The number of fused-ring (bicyclic) bond motifs is 3. The molecule has 0 saturated heterocycles. The Kier molecular flexibility index (Phi) is 8.14. The van der Waals surface area contributed by atoms with Gasteiger partial charge in [-0.05, 0) is 53.8 Å². The number of carbonyl (C=O) groups is 1. The lowest BCUT2D eigenvalue weighted by Gasteiger charge is -2.26. The molecule has 0 bridgehead atoms. The van der Waals surface area contributed by atoms with Crippen molar-refractivity contribution >= 4 is 17.6 Å². The molecular formula is C30H30ClN3O5. The van der Waals surface area contributed by atoms with Crippen molar-refractivity contribution in [3.05, 3.63) is 94.5 Å². The molecule has 2 heterocycles. The Balaban J connectivity index is 1.52. The Hall–Kier alpha value is -3.88. The standard InChI is InChI=1S/C30H30ClN3O5/c1-4-38-28(35)17-27-32-18-34(33-27)15-14-25-22-9-6-5-8-20(22)21-13-12-19(31)16-24(21)29(39-25)23-10-7-11-26(36-2)30(23)37-3/h5-13,16,18,25,29H,4,14-15,17H2,1-3H3. The summed E-state index contributed by atoms with van der Waals surface area (Å²) in [6, 6.07) is 19.9. The van der Waals surface area contributed by atoms with Crippen molar-refractivity contribution in [3.63, 3.8) is 0 Å². The van der Waals surface area contributed by atoms with Crippen molar-refractivity contribution in [1.82, 2.24) is 14.8 Å². The molecule has 8 nitrogen and oxygen atoms in total. The van der Waals surface area contributed by atoms with Gasteiger partial charge in [-0.2, -0.15) is 5.10 Å². The predicted molar refractivity (Wildman–Crippen MR) is 147 cm³/mol. The maximum Gasteiger partial charge on any atom is 0.313 e. The Labute approximate surface area is 232 Å². The molecule has 1 aliphatic rings. The summed E-state index contributed by atoms with van der Waals surface area (Å²) in [7, 11) is 3.25. The van der Waals surface area contributed by atoms with E-state index in [2.05, 4.69) is 22.2 Å². The van der Waals surface area contributed by atoms with Crippen LogP contribution in [0.25, 0.3) is 11.1 Å². The van der Waals surface area contributed by atoms with E-state index < -0.39 is 6.10 Å². The number of esters is 1. The molecule has 2 atom stereocenters. The van der Waals surface area contributed by atoms with Crippen molar-refractivity contribution in [1.29, 1.82) is 0 Å². The van der Waals surface area contributed by atoms with Crippen LogP contribution >= 0.6 is 11.6 Å². The number of rotatable bonds is 9. The minimum atomic E-state index is -0.476. The number of ether oxygens (including phenoxy) is 4. The molecule has 1 aliphatic heterocycles. The zero-order valence-electron chi connectivity index (χ0n) is 22.1. The number of benzene rings is 3. The smallest absolute Gasteiger partial charge is 0.313 e. The Bertz CT molecular complexity index is 1470. The summed E-state index contributed by atoms with van der Waals surface area (Å²) in [6.07, 6.45) is 1.53. The Morgan fingerprint density at radius 3 is 2.59 bits per heavy atom. The summed E-state index contributed by atoms with van der Waals surface area (Å²) in [6.45, 7) is 2.63. The molecule has 0 N–H and O–H groups in total. The first-order valence-corrected chi connectivity index (χ1v) is 13.2. The predicted octanol–water partition coefficient (Wildman–Crippen LogP) is 5.97. The summed E-state index contributed by atoms with van der Waals surface area (Å²) in [5, 5.41) is 5.09. The van der Waals surface area contributed by atoms with Gasteiger partial charge in [0.05, 0.1) is 26.9 Å². The van der Waals surface area contributed by atoms with Gasteiger partial charge in [-0.3, -0.25) is 9.48 Å². The first-order valence-electron chi connectivity index (χ1n) is 12.8. The van der Waals surface area contributed by atoms with Crippen molar-refractivity contribution in [3.8, 4) is 22.6 Å². The molecule has 2 unspecified atom stereocenters. The van der Waals surface area contributed by atoms with Crippen LogP contribution in [0.5, 0.6) is 11.5 Å². The van der Waals surface area contributed by atoms with Gasteiger partial charge in [0.2, 0.25) is 0 Å². The number of aryl methyl sites for hydroxylation is 1. The second-order valence-electron chi connectivity index (χ2n) is 9.10. The largest absolute Gasteiger partial charge is 0.493 e. The number of para-hydroxylation sites is 1. The van der Waals surface area contributed by atoms with Crippen LogP contribution in [-0.4, -0.2) is 41.6 Å². The van der Waals surface area contributed by atoms with Gasteiger partial charge < -0.3 is 18.9 Å². The molecule has 0 spiro atoms. The van der Waals surface area contributed by atoms with E-state index in [4.69, 9.17) is 30.5 Å². The molecule has 0 aliphatic carbocycles. The van der Waals surface area contributed by atoms with Gasteiger partial charge >= 0.3 is 5.97 Å². The number of carbonyl (C=O) groups excluding carboxylic acids is 1. The van der Waals surface area contributed by atoms with Crippen LogP contribution < -0.4 is 9.47 Å². The topological polar surface area (TPSA) is 84.7 Å². The van der Waals surface area contributed by atoms with Crippen molar-refractivity contribution in [2.24, 2.45) is 0 Å². The van der Waals surface area contributed by atoms with Crippen LogP contribution in [0, 0.1) is 0 Å². The zero-order chi connectivity index (χ0) is 27.4. The highest BCUT2D eigenvalue weighted by atomic mass is 35.5. The van der Waals surface area contributed by atoms with Gasteiger partial charge in [-0.15, -0.1) is 0 Å². The lowest BCUT2D eigenvalue weighted by molar-refractivity contribution is -0.142. The lowest BCUT2D eigenvalue weighted by atomic mass is 9.90. The van der Waals surface area contributed by atoms with Crippen LogP contribution in [0.3, 0.4) is 0 Å². The van der Waals surface area contributed by atoms with Crippen LogP contribution in [0.4, 0.5) is 0 Å². The highest BCUT2D eigenvalue weighted by Crippen LogP contribution is 2.49. The zero-order valence-corrected chi connectivity index (χ0v) is 22.9. The SMILES string of the molecule is CCOC(=O)Cc1ncn(CCC2OC(c3cccc(OC)c3OC)c3cc(Cl)ccc3-c3ccccc32)n1. The Morgan fingerprint density at radius 1 is 1.00 bits per heavy atom. The number of halogens is 1. The minimum absolute atomic E-state index is 0.0391. The van der Waals surface area contributed by atoms with Crippen LogP contribution in [0.15, 0.2) is 67.0 Å². The van der Waals surface area contributed by atoms with Crippen molar-refractivity contribution in [2.75, 3.05) is 20.8 Å². The molecule has 3 aromatic carbocycles. The fourth-order valence-corrected chi connectivity index (χ4v) is 5.21. The fourth-order valence-electron chi connectivity index (χ4n) is 5.03. The van der Waals surface area contributed by atoms with E-state index in [1.807, 2.05) is 48.5 Å². The number of methoxy groups -OCH3 is 2. The fraction of sp³-hybridized carbons (Fsp3) is 0.300. The molecule has 0 amide bonds. The maximum absolute atomic E-state index is 11.8. The van der Waals surface area contributed by atoms with Gasteiger partial charge in [0.1, 0.15) is 18.9 Å². The number of hydrogen-bond acceptors (Lipinski definition) is 7. The highest BCUT2D eigenvalue weighted by molar-refractivity contribution is 6.30. The van der Waals surface area contributed by atoms with Crippen molar-refractivity contribution in [2.45, 2.75) is 38.5 Å². The number of hydrogen-bond donors (Lipinski definition) is 0. The number of aromatic nitrogens is 3. The molecule has 1 aromatic heterocycles. The first kappa shape index (κ1) is 26.7. The van der Waals surface area contributed by atoms with E-state index in [1.165, 1.54) is 0 Å². The van der Waals surface area contributed by atoms with Crippen LogP contribution in [0.2, 0.25) is 5.02 Å². The van der Waals surface area contributed by atoms with E-state index >= 15 is 0 Å². The van der Waals surface area contributed by atoms with Crippen LogP contribution in [0.1, 0.15) is 48.1 Å². The van der Waals surface area contributed by atoms with E-state index in [0.717, 1.165) is 27.8 Å². The highest BCUT2D eigenvalue weighted by Gasteiger charge is 2.32. The summed E-state index contributed by atoms with van der Waals surface area (Å²) < 4.78 is 25.1. The third kappa shape index (κ3) is 5.62. The maximum atomic E-state index is 11.8. The van der Waals surface area contributed by atoms with E-state index in [9.17, 15) is 4.79 Å². The Morgan fingerprint density at radius 2 is 1.79 bits per heavy atom. The second kappa shape index (κ2) is 11.9. The molecule has 0 radical (unpaired) electrons. The molecule has 5 rings (SSSR count). The lowest BCUT2D eigenvalue weighted by Crippen LogP contribution is -2.14. The normalized spacial score (nSPS) is 16.1. The molecule has 39 heavy (non-hydrogen) atoms. The van der Waals surface area contributed by atoms with E-state index in [-0.39, 0.29) is 18.5 Å². The van der Waals surface area contributed by atoms with Crippen LogP contribution in [-0.2, 0) is 27.2 Å². The average molecular weight is 548 g/mol. The first-order chi connectivity index (χ1) is 19.0. The summed E-state index contributed by atoms with van der Waals surface area (Å²) >= 11 is 6.51. The number of nitrogens with zero attached hydrogens (tertiary/aromatic N) is 3. The second-order valence-corrected chi connectivity index (χ2v) is 9.54. The summed E-state index contributed by atoms with van der Waals surface area (Å²) in [5.41, 5.74) is 4.99. The van der Waals surface area contributed by atoms with Crippen molar-refractivity contribution < 1.29 is 23.7 Å². The monoisotopic (exact) mass is 547 g/mol. The third-order valence-electron chi connectivity index (χ3n) is 6.72. The molecule has 9 heteroatoms.